The molecule has 0 spiro atoms. The third kappa shape index (κ3) is 6.39. The van der Waals surface area contributed by atoms with Crippen molar-refractivity contribution in [1.82, 2.24) is 10.2 Å². The number of unbranched alkanes of at least 4 members (excludes halogenated alkanes) is 1. The van der Waals surface area contributed by atoms with E-state index in [4.69, 9.17) is 9.73 Å². The first kappa shape index (κ1) is 19.0. The number of allylic oxidation sites excluding steroid dienone is 1. The van der Waals surface area contributed by atoms with Crippen LogP contribution in [0, 0.1) is 5.41 Å². The highest BCUT2D eigenvalue weighted by molar-refractivity contribution is 5.79. The summed E-state index contributed by atoms with van der Waals surface area (Å²) in [5.41, 5.74) is 0.360. The van der Waals surface area contributed by atoms with E-state index in [1.807, 2.05) is 6.08 Å². The highest BCUT2D eigenvalue weighted by atomic mass is 16.5. The number of hydrogen-bond acceptors (Lipinski definition) is 2. The van der Waals surface area contributed by atoms with E-state index in [0.717, 1.165) is 51.5 Å². The number of guanidine groups is 1. The molecule has 1 rings (SSSR count). The van der Waals surface area contributed by atoms with Gasteiger partial charge in [0, 0.05) is 40.4 Å². The lowest BCUT2D eigenvalue weighted by atomic mass is 9.83. The lowest BCUT2D eigenvalue weighted by molar-refractivity contribution is 0.141. The summed E-state index contributed by atoms with van der Waals surface area (Å²) in [4.78, 5) is 7.19. The second kappa shape index (κ2) is 10.7. The van der Waals surface area contributed by atoms with E-state index in [0.29, 0.717) is 5.41 Å². The van der Waals surface area contributed by atoms with E-state index in [9.17, 15) is 0 Å². The van der Waals surface area contributed by atoms with Crippen LogP contribution in [0.4, 0.5) is 0 Å². The molecule has 0 aliphatic heterocycles. The van der Waals surface area contributed by atoms with Gasteiger partial charge in [-0.3, -0.25) is 4.99 Å². The first-order valence-corrected chi connectivity index (χ1v) is 8.77. The van der Waals surface area contributed by atoms with Gasteiger partial charge in [0.2, 0.25) is 0 Å². The minimum absolute atomic E-state index is 0.360. The van der Waals surface area contributed by atoms with Gasteiger partial charge in [0.1, 0.15) is 0 Å². The predicted octanol–water partition coefficient (Wildman–Crippen LogP) is 3.45. The summed E-state index contributed by atoms with van der Waals surface area (Å²) in [5, 5.41) is 3.43. The van der Waals surface area contributed by atoms with Gasteiger partial charge in [-0.2, -0.15) is 0 Å². The SMILES string of the molecule is C=CCCCN(C)C(=NCC1(CCOC)CCCC1)NCC. The molecule has 1 aliphatic carbocycles. The Hall–Kier alpha value is -1.03. The summed E-state index contributed by atoms with van der Waals surface area (Å²) < 4.78 is 5.31. The van der Waals surface area contributed by atoms with Crippen molar-refractivity contribution in [3.05, 3.63) is 12.7 Å². The second-order valence-electron chi connectivity index (χ2n) is 6.47. The molecule has 0 aromatic carbocycles. The first-order chi connectivity index (χ1) is 10.7. The molecule has 1 fully saturated rings. The summed E-state index contributed by atoms with van der Waals surface area (Å²) in [7, 11) is 3.92. The van der Waals surface area contributed by atoms with E-state index in [1.165, 1.54) is 25.7 Å². The van der Waals surface area contributed by atoms with Gasteiger partial charge in [-0.25, -0.2) is 0 Å². The van der Waals surface area contributed by atoms with E-state index < -0.39 is 0 Å². The van der Waals surface area contributed by atoms with Crippen LogP contribution in [-0.2, 0) is 4.74 Å². The maximum absolute atomic E-state index is 5.31. The Morgan fingerprint density at radius 1 is 1.41 bits per heavy atom. The lowest BCUT2D eigenvalue weighted by Gasteiger charge is -2.29. The Labute approximate surface area is 137 Å². The summed E-state index contributed by atoms with van der Waals surface area (Å²) in [6, 6.07) is 0. The molecular formula is C18H35N3O. The predicted molar refractivity (Wildman–Crippen MR) is 95.4 cm³/mol. The molecule has 0 heterocycles. The molecule has 0 saturated heterocycles. The van der Waals surface area contributed by atoms with Crippen LogP contribution < -0.4 is 5.32 Å². The zero-order chi connectivity index (χ0) is 16.3. The largest absolute Gasteiger partial charge is 0.385 e. The van der Waals surface area contributed by atoms with E-state index in [2.05, 4.69) is 30.8 Å². The van der Waals surface area contributed by atoms with Crippen molar-refractivity contribution in [2.45, 2.75) is 51.9 Å². The van der Waals surface area contributed by atoms with Gasteiger partial charge in [-0.15, -0.1) is 6.58 Å². The fraction of sp³-hybridized carbons (Fsp3) is 0.833. The van der Waals surface area contributed by atoms with Gasteiger partial charge in [0.25, 0.3) is 0 Å². The normalized spacial score (nSPS) is 17.5. The molecular weight excluding hydrogens is 274 g/mol. The maximum Gasteiger partial charge on any atom is 0.193 e. The molecule has 0 bridgehead atoms. The molecule has 1 saturated carbocycles. The average molecular weight is 309 g/mol. The van der Waals surface area contributed by atoms with E-state index in [-0.39, 0.29) is 0 Å². The fourth-order valence-electron chi connectivity index (χ4n) is 3.22. The molecule has 4 heteroatoms. The Morgan fingerprint density at radius 2 is 2.14 bits per heavy atom. The van der Waals surface area contributed by atoms with E-state index >= 15 is 0 Å². The van der Waals surface area contributed by atoms with Gasteiger partial charge in [0.05, 0.1) is 0 Å². The molecule has 128 valence electrons. The summed E-state index contributed by atoms with van der Waals surface area (Å²) in [6.07, 6.45) is 10.6. The Kier molecular flexibility index (Phi) is 9.21. The Morgan fingerprint density at radius 3 is 2.73 bits per heavy atom. The van der Waals surface area contributed by atoms with Crippen molar-refractivity contribution in [1.29, 1.82) is 0 Å². The van der Waals surface area contributed by atoms with Crippen LogP contribution in [0.15, 0.2) is 17.6 Å². The van der Waals surface area contributed by atoms with Crippen LogP contribution in [0.5, 0.6) is 0 Å². The zero-order valence-electron chi connectivity index (χ0n) is 14.9. The summed E-state index contributed by atoms with van der Waals surface area (Å²) >= 11 is 0. The van der Waals surface area contributed by atoms with Crippen LogP contribution in [0.3, 0.4) is 0 Å². The molecule has 0 atom stereocenters. The summed E-state index contributed by atoms with van der Waals surface area (Å²) in [5.74, 6) is 1.04. The fourth-order valence-corrected chi connectivity index (χ4v) is 3.22. The number of ether oxygens (including phenoxy) is 1. The Bertz CT molecular complexity index is 335. The third-order valence-corrected chi connectivity index (χ3v) is 4.66. The van der Waals surface area contributed by atoms with Crippen LogP contribution >= 0.6 is 0 Å². The van der Waals surface area contributed by atoms with Crippen molar-refractivity contribution >= 4 is 5.96 Å². The smallest absolute Gasteiger partial charge is 0.193 e. The van der Waals surface area contributed by atoms with Crippen LogP contribution in [0.25, 0.3) is 0 Å². The monoisotopic (exact) mass is 309 g/mol. The summed E-state index contributed by atoms with van der Waals surface area (Å²) in [6.45, 7) is 9.62. The Balaban J connectivity index is 2.63. The quantitative estimate of drug-likeness (QED) is 0.291. The number of nitrogens with one attached hydrogen (secondary N) is 1. The van der Waals surface area contributed by atoms with Crippen molar-refractivity contribution < 1.29 is 4.74 Å². The van der Waals surface area contributed by atoms with Crippen molar-refractivity contribution in [3.8, 4) is 0 Å². The molecule has 0 unspecified atom stereocenters. The highest BCUT2D eigenvalue weighted by Crippen LogP contribution is 2.41. The van der Waals surface area contributed by atoms with Crippen molar-refractivity contribution in [2.75, 3.05) is 40.4 Å². The zero-order valence-corrected chi connectivity index (χ0v) is 14.9. The highest BCUT2D eigenvalue weighted by Gasteiger charge is 2.33. The van der Waals surface area contributed by atoms with Gasteiger partial charge in [-0.05, 0) is 44.4 Å². The van der Waals surface area contributed by atoms with Crippen molar-refractivity contribution in [3.63, 3.8) is 0 Å². The average Bonchev–Trinajstić information content (AvgIpc) is 2.99. The van der Waals surface area contributed by atoms with Gasteiger partial charge in [0.15, 0.2) is 5.96 Å². The van der Waals surface area contributed by atoms with Crippen LogP contribution in [-0.4, -0.2) is 51.3 Å². The van der Waals surface area contributed by atoms with Gasteiger partial charge < -0.3 is 15.0 Å². The lowest BCUT2D eigenvalue weighted by Crippen LogP contribution is -2.40. The van der Waals surface area contributed by atoms with Crippen molar-refractivity contribution in [2.24, 2.45) is 10.4 Å². The molecule has 0 aromatic heterocycles. The number of methoxy groups -OCH3 is 1. The molecule has 22 heavy (non-hydrogen) atoms. The molecule has 0 radical (unpaired) electrons. The molecule has 4 nitrogen and oxygen atoms in total. The second-order valence-corrected chi connectivity index (χ2v) is 6.47. The third-order valence-electron chi connectivity index (χ3n) is 4.66. The van der Waals surface area contributed by atoms with Gasteiger partial charge >= 0.3 is 0 Å². The van der Waals surface area contributed by atoms with Crippen LogP contribution in [0.2, 0.25) is 0 Å². The number of aliphatic imine (C=N–C) groups is 1. The molecule has 1 N–H and O–H groups in total. The minimum Gasteiger partial charge on any atom is -0.385 e. The standard InChI is InChI=1S/C18H35N3O/c1-5-7-10-14-21(3)17(19-6-2)20-16-18(13-15-22-4)11-8-9-12-18/h5H,1,6-16H2,2-4H3,(H,19,20). The number of nitrogens with zero attached hydrogens (tertiary/aromatic N) is 2. The van der Waals surface area contributed by atoms with E-state index in [1.54, 1.807) is 7.11 Å². The van der Waals surface area contributed by atoms with Crippen LogP contribution in [0.1, 0.15) is 51.9 Å². The minimum atomic E-state index is 0.360. The molecule has 1 aliphatic rings. The maximum atomic E-state index is 5.31. The number of rotatable bonds is 10. The van der Waals surface area contributed by atoms with Gasteiger partial charge in [-0.1, -0.05) is 18.9 Å². The topological polar surface area (TPSA) is 36.9 Å². The number of hydrogen-bond donors (Lipinski definition) is 1. The molecule has 0 amide bonds. The first-order valence-electron chi connectivity index (χ1n) is 8.77. The molecule has 0 aromatic rings.